The molecule has 1 aliphatic rings. The highest BCUT2D eigenvalue weighted by Crippen LogP contribution is 2.30. The van der Waals surface area contributed by atoms with Crippen molar-refractivity contribution in [2.24, 2.45) is 0 Å². The van der Waals surface area contributed by atoms with Crippen LogP contribution in [0.25, 0.3) is 10.8 Å². The molecule has 1 atom stereocenters. The molecular formula is C20H27N3O5S. The van der Waals surface area contributed by atoms with E-state index in [4.69, 9.17) is 4.74 Å². The predicted octanol–water partition coefficient (Wildman–Crippen LogP) is 2.41. The molecule has 0 spiro atoms. The highest BCUT2D eigenvalue weighted by Gasteiger charge is 2.37. The summed E-state index contributed by atoms with van der Waals surface area (Å²) >= 11 is 0. The number of aromatic nitrogens is 1. The highest BCUT2D eigenvalue weighted by molar-refractivity contribution is 7.89. The number of fused-ring (bicyclic) bond motifs is 1. The summed E-state index contributed by atoms with van der Waals surface area (Å²) in [6.45, 7) is 7.60. The lowest BCUT2D eigenvalue weighted by molar-refractivity contribution is -0.604. The molecule has 0 N–H and O–H groups in total. The summed E-state index contributed by atoms with van der Waals surface area (Å²) in [4.78, 5) is 14.0. The summed E-state index contributed by atoms with van der Waals surface area (Å²) < 4.78 is 34.2. The van der Waals surface area contributed by atoms with Crippen LogP contribution in [0.3, 0.4) is 0 Å². The number of sulfonamides is 1. The van der Waals surface area contributed by atoms with Crippen LogP contribution in [-0.2, 0) is 14.8 Å². The molecule has 0 aliphatic carbocycles. The summed E-state index contributed by atoms with van der Waals surface area (Å²) in [6, 6.07) is 4.65. The van der Waals surface area contributed by atoms with Crippen molar-refractivity contribution >= 4 is 26.9 Å². The molecule has 1 fully saturated rings. The summed E-state index contributed by atoms with van der Waals surface area (Å²) in [6.07, 6.45) is 2.79. The number of amides is 1. The van der Waals surface area contributed by atoms with Crippen LogP contribution in [0, 0.1) is 12.1 Å². The predicted molar refractivity (Wildman–Crippen MR) is 109 cm³/mol. The molecule has 0 bridgehead atoms. The van der Waals surface area contributed by atoms with Gasteiger partial charge in [-0.1, -0.05) is 6.07 Å². The zero-order valence-corrected chi connectivity index (χ0v) is 18.2. The molecule has 1 saturated heterocycles. The standard InChI is InChI=1S/C20H27N3O5S/c1-14-11-22(25)12-15-7-6-8-17(18(14)15)29(26,27)23-10-9-16(13-23)21(5)19(24)28-20(2,3)4/h6-8,11-12,16H,9-10,13H2,1-5H3. The van der Waals surface area contributed by atoms with Crippen molar-refractivity contribution in [3.63, 3.8) is 0 Å². The molecule has 1 aromatic carbocycles. The monoisotopic (exact) mass is 421 g/mol. The molecule has 2 aromatic rings. The van der Waals surface area contributed by atoms with Crippen molar-refractivity contribution in [2.45, 2.75) is 50.7 Å². The highest BCUT2D eigenvalue weighted by atomic mass is 32.2. The van der Waals surface area contributed by atoms with Gasteiger partial charge in [0.15, 0.2) is 12.4 Å². The van der Waals surface area contributed by atoms with Gasteiger partial charge in [-0.05, 0) is 46.2 Å². The first kappa shape index (κ1) is 21.3. The van der Waals surface area contributed by atoms with Crippen molar-refractivity contribution in [3.05, 3.63) is 41.4 Å². The number of ether oxygens (including phenoxy) is 1. The van der Waals surface area contributed by atoms with Gasteiger partial charge in [0, 0.05) is 42.5 Å². The molecule has 3 rings (SSSR count). The number of benzene rings is 1. The van der Waals surface area contributed by atoms with E-state index in [-0.39, 0.29) is 17.5 Å². The lowest BCUT2D eigenvalue weighted by Crippen LogP contribution is -2.42. The fourth-order valence-electron chi connectivity index (χ4n) is 3.59. The average Bonchev–Trinajstić information content (AvgIpc) is 3.09. The largest absolute Gasteiger partial charge is 0.619 e. The zero-order valence-electron chi connectivity index (χ0n) is 17.4. The summed E-state index contributed by atoms with van der Waals surface area (Å²) in [7, 11) is -2.16. The molecule has 158 valence electrons. The van der Waals surface area contributed by atoms with Crippen LogP contribution in [-0.4, -0.2) is 55.5 Å². The molecule has 1 amide bonds. The lowest BCUT2D eigenvalue weighted by atomic mass is 10.1. The maximum absolute atomic E-state index is 13.4. The Kier molecular flexibility index (Phi) is 5.48. The minimum Gasteiger partial charge on any atom is -0.619 e. The van der Waals surface area contributed by atoms with E-state index in [0.29, 0.717) is 34.0 Å². The Morgan fingerprint density at radius 1 is 1.31 bits per heavy atom. The number of carbonyl (C=O) groups is 1. The Hall–Kier alpha value is -2.39. The minimum absolute atomic E-state index is 0.175. The van der Waals surface area contributed by atoms with Crippen molar-refractivity contribution in [1.82, 2.24) is 9.21 Å². The van der Waals surface area contributed by atoms with Gasteiger partial charge >= 0.3 is 6.09 Å². The molecule has 1 unspecified atom stereocenters. The molecular weight excluding hydrogens is 394 g/mol. The summed E-state index contributed by atoms with van der Waals surface area (Å²) in [5.74, 6) is 0. The van der Waals surface area contributed by atoms with Crippen molar-refractivity contribution in [3.8, 4) is 0 Å². The smallest absolute Gasteiger partial charge is 0.410 e. The van der Waals surface area contributed by atoms with Gasteiger partial charge in [-0.15, -0.1) is 0 Å². The second-order valence-electron chi connectivity index (χ2n) is 8.42. The van der Waals surface area contributed by atoms with Gasteiger partial charge in [0.2, 0.25) is 10.0 Å². The normalized spacial score (nSPS) is 18.2. The Morgan fingerprint density at radius 3 is 2.66 bits per heavy atom. The maximum atomic E-state index is 13.4. The van der Waals surface area contributed by atoms with Crippen LogP contribution >= 0.6 is 0 Å². The molecule has 1 aliphatic heterocycles. The van der Waals surface area contributed by atoms with E-state index in [0.717, 1.165) is 0 Å². The van der Waals surface area contributed by atoms with Crippen LogP contribution in [0.2, 0.25) is 0 Å². The van der Waals surface area contributed by atoms with Gasteiger partial charge in [0.25, 0.3) is 0 Å². The summed E-state index contributed by atoms with van der Waals surface area (Å²) in [5, 5.41) is 12.8. The van der Waals surface area contributed by atoms with Crippen LogP contribution in [0.5, 0.6) is 0 Å². The van der Waals surface area contributed by atoms with Crippen molar-refractivity contribution < 1.29 is 22.7 Å². The molecule has 0 radical (unpaired) electrons. The Labute approximate surface area is 171 Å². The number of aryl methyl sites for hydroxylation is 1. The second-order valence-corrected chi connectivity index (χ2v) is 10.3. The van der Waals surface area contributed by atoms with Crippen molar-refractivity contribution in [2.75, 3.05) is 20.1 Å². The Morgan fingerprint density at radius 2 is 2.00 bits per heavy atom. The van der Waals surface area contributed by atoms with Crippen LogP contribution in [0.1, 0.15) is 32.8 Å². The molecule has 0 saturated carbocycles. The Balaban J connectivity index is 1.87. The number of carbonyl (C=O) groups excluding carboxylic acids is 1. The molecule has 8 nitrogen and oxygen atoms in total. The average molecular weight is 422 g/mol. The fraction of sp³-hybridized carbons (Fsp3) is 0.500. The van der Waals surface area contributed by atoms with Crippen LogP contribution in [0.4, 0.5) is 4.79 Å². The minimum atomic E-state index is -3.78. The third-order valence-electron chi connectivity index (χ3n) is 5.01. The van der Waals surface area contributed by atoms with Gasteiger partial charge in [-0.3, -0.25) is 0 Å². The SMILES string of the molecule is Cc1c[n+]([O-])cc2cccc(S(=O)(=O)N3CCC(N(C)C(=O)OC(C)(C)C)C3)c12. The van der Waals surface area contributed by atoms with E-state index in [2.05, 4.69) is 0 Å². The quantitative estimate of drug-likeness (QED) is 0.560. The summed E-state index contributed by atoms with van der Waals surface area (Å²) in [5.41, 5.74) is -0.0208. The van der Waals surface area contributed by atoms with E-state index in [1.54, 1.807) is 52.9 Å². The third-order valence-corrected chi connectivity index (χ3v) is 6.92. The third kappa shape index (κ3) is 4.30. The first-order valence-electron chi connectivity index (χ1n) is 9.48. The number of nitrogens with zero attached hydrogens (tertiary/aromatic N) is 3. The lowest BCUT2D eigenvalue weighted by Gasteiger charge is -2.28. The molecule has 2 heterocycles. The zero-order chi connectivity index (χ0) is 21.6. The number of likely N-dealkylation sites (N-methyl/N-ethyl adjacent to an activating group) is 1. The van der Waals surface area contributed by atoms with Gasteiger partial charge in [-0.2, -0.15) is 9.04 Å². The van der Waals surface area contributed by atoms with Gasteiger partial charge in [0.1, 0.15) is 5.60 Å². The number of pyridine rings is 1. The second kappa shape index (κ2) is 7.46. The van der Waals surface area contributed by atoms with E-state index < -0.39 is 21.7 Å². The number of hydrogen-bond donors (Lipinski definition) is 0. The van der Waals surface area contributed by atoms with Gasteiger partial charge < -0.3 is 14.8 Å². The fourth-order valence-corrected chi connectivity index (χ4v) is 5.37. The maximum Gasteiger partial charge on any atom is 0.410 e. The van der Waals surface area contributed by atoms with Crippen LogP contribution in [0.15, 0.2) is 35.5 Å². The Bertz CT molecular complexity index is 1050. The number of rotatable bonds is 3. The van der Waals surface area contributed by atoms with Crippen molar-refractivity contribution in [1.29, 1.82) is 0 Å². The van der Waals surface area contributed by atoms with Gasteiger partial charge in [-0.25, -0.2) is 13.2 Å². The van der Waals surface area contributed by atoms with E-state index in [1.807, 2.05) is 0 Å². The van der Waals surface area contributed by atoms with E-state index in [9.17, 15) is 18.4 Å². The van der Waals surface area contributed by atoms with Crippen LogP contribution < -0.4 is 4.73 Å². The first-order valence-corrected chi connectivity index (χ1v) is 10.9. The molecule has 29 heavy (non-hydrogen) atoms. The molecule has 1 aromatic heterocycles. The van der Waals surface area contributed by atoms with E-state index >= 15 is 0 Å². The van der Waals surface area contributed by atoms with Gasteiger partial charge in [0.05, 0.1) is 4.90 Å². The molecule has 9 heteroatoms. The topological polar surface area (TPSA) is 93.9 Å². The first-order chi connectivity index (χ1) is 13.4. The van der Waals surface area contributed by atoms with E-state index in [1.165, 1.54) is 21.6 Å². The number of hydrogen-bond acceptors (Lipinski definition) is 5.